The van der Waals surface area contributed by atoms with Crippen LogP contribution in [0.5, 0.6) is 5.75 Å². The molecule has 0 saturated carbocycles. The van der Waals surface area contributed by atoms with Crippen LogP contribution in [0.1, 0.15) is 42.1 Å². The molecule has 0 bridgehead atoms. The Morgan fingerprint density at radius 3 is 2.50 bits per heavy atom. The number of hydrogen-bond donors (Lipinski definition) is 1. The molecule has 1 aliphatic heterocycles. The summed E-state index contributed by atoms with van der Waals surface area (Å²) in [4.78, 5) is 24.8. The van der Waals surface area contributed by atoms with Crippen molar-refractivity contribution >= 4 is 22.6 Å². The number of amides is 1. The molecule has 0 atom stereocenters. The van der Waals surface area contributed by atoms with Crippen molar-refractivity contribution in [2.45, 2.75) is 38.1 Å². The van der Waals surface area contributed by atoms with E-state index in [1.54, 1.807) is 14.0 Å². The fraction of sp³-hybridized carbons (Fsp3) is 0.385. The molecule has 0 spiro atoms. The number of hydrogen-bond acceptors (Lipinski definition) is 4. The van der Waals surface area contributed by atoms with Crippen LogP contribution in [0.2, 0.25) is 0 Å². The Kier molecular flexibility index (Phi) is 6.61. The third kappa shape index (κ3) is 4.55. The number of Topliss-reactive ketones (excluding diaryl/α,β-unsaturated/α-hetero) is 1. The lowest BCUT2D eigenvalue weighted by Crippen LogP contribution is -2.44. The second kappa shape index (κ2) is 9.57. The quantitative estimate of drug-likeness (QED) is 0.542. The van der Waals surface area contributed by atoms with Crippen molar-refractivity contribution in [1.29, 1.82) is 0 Å². The Balaban J connectivity index is 1.43. The van der Waals surface area contributed by atoms with Gasteiger partial charge in [-0.1, -0.05) is 30.3 Å². The van der Waals surface area contributed by atoms with Gasteiger partial charge in [0.2, 0.25) is 5.91 Å². The predicted molar refractivity (Wildman–Crippen MR) is 124 cm³/mol. The van der Waals surface area contributed by atoms with Crippen molar-refractivity contribution in [2.24, 2.45) is 0 Å². The number of para-hydroxylation sites is 1. The molecular formula is C26H30N2O4. The molecule has 0 aliphatic carbocycles. The van der Waals surface area contributed by atoms with E-state index >= 15 is 0 Å². The van der Waals surface area contributed by atoms with Crippen molar-refractivity contribution in [2.75, 3.05) is 26.9 Å². The minimum atomic E-state index is -0.137. The van der Waals surface area contributed by atoms with Gasteiger partial charge in [0.1, 0.15) is 5.75 Å². The van der Waals surface area contributed by atoms with Crippen LogP contribution in [0.3, 0.4) is 0 Å². The van der Waals surface area contributed by atoms with Gasteiger partial charge in [-0.25, -0.2) is 0 Å². The highest BCUT2D eigenvalue weighted by Gasteiger charge is 2.34. The molecule has 1 amide bonds. The number of methoxy groups -OCH3 is 1. The number of benzene rings is 2. The molecule has 1 aliphatic rings. The number of ketones is 1. The number of fused-ring (bicyclic) bond motifs is 1. The van der Waals surface area contributed by atoms with Crippen molar-refractivity contribution in [3.05, 3.63) is 65.9 Å². The van der Waals surface area contributed by atoms with E-state index in [9.17, 15) is 9.59 Å². The van der Waals surface area contributed by atoms with Gasteiger partial charge in [0.15, 0.2) is 5.78 Å². The van der Waals surface area contributed by atoms with Crippen molar-refractivity contribution < 1.29 is 19.1 Å². The molecule has 1 N–H and O–H groups in total. The van der Waals surface area contributed by atoms with E-state index in [2.05, 4.69) is 17.4 Å². The van der Waals surface area contributed by atoms with Gasteiger partial charge < -0.3 is 19.4 Å². The summed E-state index contributed by atoms with van der Waals surface area (Å²) in [6.07, 6.45) is 3.94. The van der Waals surface area contributed by atoms with Crippen LogP contribution in [0.4, 0.5) is 0 Å². The third-order valence-electron chi connectivity index (χ3n) is 6.52. The van der Waals surface area contributed by atoms with Gasteiger partial charge in [0.05, 0.1) is 7.11 Å². The maximum atomic E-state index is 12.8. The molecule has 6 nitrogen and oxygen atoms in total. The third-order valence-corrected chi connectivity index (χ3v) is 6.52. The maximum absolute atomic E-state index is 12.8. The average molecular weight is 435 g/mol. The van der Waals surface area contributed by atoms with Crippen molar-refractivity contribution in [3.8, 4) is 5.75 Å². The van der Waals surface area contributed by atoms with Crippen LogP contribution in [-0.2, 0) is 21.5 Å². The fourth-order valence-corrected chi connectivity index (χ4v) is 4.56. The smallest absolute Gasteiger partial charge is 0.221 e. The summed E-state index contributed by atoms with van der Waals surface area (Å²) in [5.74, 6) is 0.862. The molecule has 1 saturated heterocycles. The molecule has 6 heteroatoms. The molecule has 1 fully saturated rings. The number of ether oxygens (including phenoxy) is 2. The number of aryl methyl sites for hydroxylation is 1. The number of aromatic nitrogens is 1. The normalized spacial score (nSPS) is 15.4. The molecule has 2 heterocycles. The van der Waals surface area contributed by atoms with Crippen LogP contribution in [0.25, 0.3) is 10.9 Å². The summed E-state index contributed by atoms with van der Waals surface area (Å²) in [5, 5.41) is 4.09. The van der Waals surface area contributed by atoms with E-state index in [0.717, 1.165) is 29.5 Å². The highest BCUT2D eigenvalue weighted by molar-refractivity contribution is 6.07. The maximum Gasteiger partial charge on any atom is 0.221 e. The molecule has 0 radical (unpaired) electrons. The van der Waals surface area contributed by atoms with Crippen LogP contribution in [0, 0.1) is 0 Å². The predicted octanol–water partition coefficient (Wildman–Crippen LogP) is 4.11. The van der Waals surface area contributed by atoms with Crippen LogP contribution in [0.15, 0.2) is 54.7 Å². The fourth-order valence-electron chi connectivity index (χ4n) is 4.56. The number of nitrogens with one attached hydrogen (secondary N) is 1. The average Bonchev–Trinajstić information content (AvgIpc) is 3.21. The zero-order chi connectivity index (χ0) is 22.6. The molecule has 4 rings (SSSR count). The Morgan fingerprint density at radius 2 is 1.81 bits per heavy atom. The summed E-state index contributed by atoms with van der Waals surface area (Å²) in [5.41, 5.74) is 2.73. The zero-order valence-corrected chi connectivity index (χ0v) is 18.7. The zero-order valence-electron chi connectivity index (χ0n) is 18.7. The first-order valence-electron chi connectivity index (χ1n) is 11.1. The minimum Gasteiger partial charge on any atom is -0.497 e. The summed E-state index contributed by atoms with van der Waals surface area (Å²) in [6.45, 7) is 4.05. The van der Waals surface area contributed by atoms with Gasteiger partial charge in [0.25, 0.3) is 0 Å². The molecule has 32 heavy (non-hydrogen) atoms. The van der Waals surface area contributed by atoms with Gasteiger partial charge in [-0.05, 0) is 43.5 Å². The van der Waals surface area contributed by atoms with Gasteiger partial charge in [-0.15, -0.1) is 0 Å². The minimum absolute atomic E-state index is 0.00605. The van der Waals surface area contributed by atoms with Gasteiger partial charge in [0, 0.05) is 60.8 Å². The van der Waals surface area contributed by atoms with Crippen LogP contribution in [-0.4, -0.2) is 43.1 Å². The summed E-state index contributed by atoms with van der Waals surface area (Å²) >= 11 is 0. The molecule has 0 unspecified atom stereocenters. The van der Waals surface area contributed by atoms with Crippen LogP contribution < -0.4 is 10.1 Å². The number of carbonyl (C=O) groups is 2. The number of carbonyl (C=O) groups excluding carboxylic acids is 2. The molecule has 168 valence electrons. The molecule has 1 aromatic heterocycles. The van der Waals surface area contributed by atoms with Crippen molar-refractivity contribution in [1.82, 2.24) is 9.88 Å². The van der Waals surface area contributed by atoms with Gasteiger partial charge >= 0.3 is 0 Å². The lowest BCUT2D eigenvalue weighted by molar-refractivity contribution is -0.121. The highest BCUT2D eigenvalue weighted by atomic mass is 16.5. The van der Waals surface area contributed by atoms with E-state index in [4.69, 9.17) is 9.47 Å². The largest absolute Gasteiger partial charge is 0.497 e. The number of rotatable bonds is 8. The monoisotopic (exact) mass is 434 g/mol. The second-order valence-electron chi connectivity index (χ2n) is 8.46. The van der Waals surface area contributed by atoms with Gasteiger partial charge in [-0.2, -0.15) is 0 Å². The van der Waals surface area contributed by atoms with E-state index < -0.39 is 0 Å². The standard InChI is InChI=1S/C26H30N2O4/c1-19(29)23-17-28(24-6-4-3-5-22(23)24)14-11-25(30)27-18-26(12-15-32-16-13-26)20-7-9-21(31-2)10-8-20/h3-10,17H,11-16,18H2,1-2H3,(H,27,30). The first kappa shape index (κ1) is 22.1. The van der Waals surface area contributed by atoms with E-state index in [1.807, 2.05) is 47.2 Å². The van der Waals surface area contributed by atoms with Crippen molar-refractivity contribution in [3.63, 3.8) is 0 Å². The molecule has 2 aromatic carbocycles. The SMILES string of the molecule is COc1ccc(C2(CNC(=O)CCn3cc(C(C)=O)c4ccccc43)CCOCC2)cc1. The van der Waals surface area contributed by atoms with Gasteiger partial charge in [-0.3, -0.25) is 9.59 Å². The molecule has 3 aromatic rings. The van der Waals surface area contributed by atoms with Crippen LogP contribution >= 0.6 is 0 Å². The van der Waals surface area contributed by atoms with E-state index in [-0.39, 0.29) is 17.1 Å². The topological polar surface area (TPSA) is 69.6 Å². The summed E-state index contributed by atoms with van der Waals surface area (Å²) in [6, 6.07) is 15.9. The second-order valence-corrected chi connectivity index (χ2v) is 8.46. The lowest BCUT2D eigenvalue weighted by Gasteiger charge is -2.38. The highest BCUT2D eigenvalue weighted by Crippen LogP contribution is 2.35. The Hall–Kier alpha value is -3.12. The molecular weight excluding hydrogens is 404 g/mol. The lowest BCUT2D eigenvalue weighted by atomic mass is 9.74. The summed E-state index contributed by atoms with van der Waals surface area (Å²) in [7, 11) is 1.66. The Bertz CT molecular complexity index is 1090. The Labute approximate surface area is 188 Å². The number of nitrogens with zero attached hydrogens (tertiary/aromatic N) is 1. The van der Waals surface area contributed by atoms with E-state index in [1.165, 1.54) is 5.56 Å². The Morgan fingerprint density at radius 1 is 1.09 bits per heavy atom. The summed E-state index contributed by atoms with van der Waals surface area (Å²) < 4.78 is 12.9. The first-order valence-corrected chi connectivity index (χ1v) is 11.1. The first-order chi connectivity index (χ1) is 15.5. The van der Waals surface area contributed by atoms with E-state index in [0.29, 0.717) is 38.3 Å².